The van der Waals surface area contributed by atoms with Gasteiger partial charge in [0.05, 0.1) is 0 Å². The Kier molecular flexibility index (Phi) is 5.60. The molecule has 3 heterocycles. The number of hydrogen-bond acceptors (Lipinski definition) is 5. The van der Waals surface area contributed by atoms with Crippen molar-refractivity contribution in [3.63, 3.8) is 0 Å². The van der Waals surface area contributed by atoms with E-state index in [-0.39, 0.29) is 0 Å². The van der Waals surface area contributed by atoms with Gasteiger partial charge < -0.3 is 8.83 Å². The van der Waals surface area contributed by atoms with Crippen molar-refractivity contribution in [1.82, 2.24) is 15.0 Å². The average Bonchev–Trinajstić information content (AvgIpc) is 3.75. The molecule has 0 aliphatic heterocycles. The van der Waals surface area contributed by atoms with Crippen LogP contribution in [0.4, 0.5) is 0 Å². The van der Waals surface area contributed by atoms with Crippen LogP contribution in [0.2, 0.25) is 0 Å². The molecule has 5 nitrogen and oxygen atoms in total. The number of benzene rings is 8. The quantitative estimate of drug-likeness (QED) is 0.180. The van der Waals surface area contributed by atoms with Crippen molar-refractivity contribution in [2.45, 2.75) is 0 Å². The molecule has 0 aliphatic rings. The van der Waals surface area contributed by atoms with Gasteiger partial charge in [0.1, 0.15) is 22.3 Å². The maximum absolute atomic E-state index is 6.27. The maximum atomic E-state index is 6.27. The van der Waals surface area contributed by atoms with Crippen LogP contribution in [0.1, 0.15) is 0 Å². The normalized spacial score (nSPS) is 12.0. The Morgan fingerprint density at radius 2 is 0.860 bits per heavy atom. The van der Waals surface area contributed by atoms with Crippen LogP contribution in [0.15, 0.2) is 160 Å². The predicted molar refractivity (Wildman–Crippen MR) is 203 cm³/mol. The Morgan fingerprint density at radius 3 is 1.68 bits per heavy atom. The summed E-state index contributed by atoms with van der Waals surface area (Å²) in [5.41, 5.74) is 5.92. The smallest absolute Gasteiger partial charge is 0.164 e. The number of nitrogens with zero attached hydrogens (tertiary/aromatic N) is 3. The standard InChI is InChI=1S/C45H25N3O2/c1-2-9-30-26(8-1)16-21-33-31-20-18-28(24-27(31)17-22-32(30)33)43-46-44(29-19-23-35-34-10-3-5-13-38(34)50-41(35)25-29)48-45(47-43)37-12-7-15-40-42(37)36-11-4-6-14-39(36)49-40/h1-25H. The third-order valence-corrected chi connectivity index (χ3v) is 9.92. The molecule has 11 rings (SSSR count). The third-order valence-electron chi connectivity index (χ3n) is 9.92. The van der Waals surface area contributed by atoms with E-state index in [1.54, 1.807) is 0 Å². The Bertz CT molecular complexity index is 3170. The summed E-state index contributed by atoms with van der Waals surface area (Å²) in [6.45, 7) is 0. The lowest BCUT2D eigenvalue weighted by molar-refractivity contribution is 0.668. The van der Waals surface area contributed by atoms with E-state index in [0.717, 1.165) is 66.0 Å². The molecule has 0 unspecified atom stereocenters. The number of hydrogen-bond donors (Lipinski definition) is 0. The van der Waals surface area contributed by atoms with Gasteiger partial charge in [0, 0.05) is 38.2 Å². The first-order valence-corrected chi connectivity index (χ1v) is 16.7. The number of aromatic nitrogens is 3. The van der Waals surface area contributed by atoms with E-state index in [9.17, 15) is 0 Å². The fraction of sp³-hybridized carbons (Fsp3) is 0. The van der Waals surface area contributed by atoms with Crippen LogP contribution in [0.5, 0.6) is 0 Å². The predicted octanol–water partition coefficient (Wildman–Crippen LogP) is 12.1. The summed E-state index contributed by atoms with van der Waals surface area (Å²) in [4.78, 5) is 15.4. The fourth-order valence-corrected chi connectivity index (χ4v) is 7.55. The highest BCUT2D eigenvalue weighted by Crippen LogP contribution is 2.38. The van der Waals surface area contributed by atoms with Crippen molar-refractivity contribution in [3.05, 3.63) is 152 Å². The largest absolute Gasteiger partial charge is 0.456 e. The molecule has 3 aromatic heterocycles. The number of rotatable bonds is 3. The SMILES string of the molecule is c1ccc2c(c1)ccc1c3ccc(-c4nc(-c5ccc6c(c5)oc5ccccc56)nc(-c5cccc6oc7ccccc7c56)n4)cc3ccc21. The van der Waals surface area contributed by atoms with Gasteiger partial charge in [0.25, 0.3) is 0 Å². The van der Waals surface area contributed by atoms with Gasteiger partial charge in [0.2, 0.25) is 0 Å². The van der Waals surface area contributed by atoms with Gasteiger partial charge in [-0.15, -0.1) is 0 Å². The van der Waals surface area contributed by atoms with Crippen LogP contribution >= 0.6 is 0 Å². The second-order valence-corrected chi connectivity index (χ2v) is 12.8. The molecular formula is C45H25N3O2. The van der Waals surface area contributed by atoms with Crippen LogP contribution in [0.3, 0.4) is 0 Å². The molecule has 5 heteroatoms. The summed E-state index contributed by atoms with van der Waals surface area (Å²) in [5.74, 6) is 1.75. The van der Waals surface area contributed by atoms with E-state index in [1.807, 2.05) is 54.6 Å². The lowest BCUT2D eigenvalue weighted by Crippen LogP contribution is -2.00. The average molecular weight is 640 g/mol. The second kappa shape index (κ2) is 10.3. The molecule has 0 radical (unpaired) electrons. The summed E-state index contributed by atoms with van der Waals surface area (Å²) in [6, 6.07) is 52.3. The van der Waals surface area contributed by atoms with Crippen molar-refractivity contribution in [1.29, 1.82) is 0 Å². The van der Waals surface area contributed by atoms with E-state index in [0.29, 0.717) is 17.5 Å². The van der Waals surface area contributed by atoms with Crippen molar-refractivity contribution in [2.24, 2.45) is 0 Å². The van der Waals surface area contributed by atoms with Crippen molar-refractivity contribution in [3.8, 4) is 34.2 Å². The van der Waals surface area contributed by atoms with Gasteiger partial charge in [-0.1, -0.05) is 115 Å². The second-order valence-electron chi connectivity index (χ2n) is 12.8. The van der Waals surface area contributed by atoms with Crippen LogP contribution in [0, 0.1) is 0 Å². The van der Waals surface area contributed by atoms with Crippen molar-refractivity contribution in [2.75, 3.05) is 0 Å². The third kappa shape index (κ3) is 4.04. The molecule has 232 valence electrons. The maximum Gasteiger partial charge on any atom is 0.164 e. The molecule has 0 fully saturated rings. The summed E-state index contributed by atoms with van der Waals surface area (Å²) in [6.07, 6.45) is 0. The highest BCUT2D eigenvalue weighted by molar-refractivity contribution is 6.17. The molecule has 0 saturated heterocycles. The highest BCUT2D eigenvalue weighted by atomic mass is 16.3. The molecule has 8 aromatic carbocycles. The number of fused-ring (bicyclic) bond motifs is 11. The minimum atomic E-state index is 0.572. The molecule has 0 amide bonds. The summed E-state index contributed by atoms with van der Waals surface area (Å²) in [5, 5.41) is 11.4. The number of furan rings is 2. The van der Waals surface area contributed by atoms with E-state index < -0.39 is 0 Å². The van der Waals surface area contributed by atoms with Gasteiger partial charge in [-0.05, 0) is 68.7 Å². The van der Waals surface area contributed by atoms with Crippen LogP contribution in [0.25, 0.3) is 110 Å². The molecule has 0 saturated carbocycles. The molecule has 0 atom stereocenters. The minimum Gasteiger partial charge on any atom is -0.456 e. The van der Waals surface area contributed by atoms with E-state index in [4.69, 9.17) is 23.8 Å². The van der Waals surface area contributed by atoms with Crippen molar-refractivity contribution < 1.29 is 8.83 Å². The minimum absolute atomic E-state index is 0.572. The Balaban J connectivity index is 1.14. The topological polar surface area (TPSA) is 65.0 Å². The van der Waals surface area contributed by atoms with E-state index in [2.05, 4.69) is 97.1 Å². The molecule has 0 aliphatic carbocycles. The lowest BCUT2D eigenvalue weighted by Gasteiger charge is -2.11. The highest BCUT2D eigenvalue weighted by Gasteiger charge is 2.19. The number of para-hydroxylation sites is 2. The Morgan fingerprint density at radius 1 is 0.320 bits per heavy atom. The zero-order chi connectivity index (χ0) is 32.8. The van der Waals surface area contributed by atoms with E-state index in [1.165, 1.54) is 26.9 Å². The Hall–Kier alpha value is -6.85. The van der Waals surface area contributed by atoms with Crippen molar-refractivity contribution >= 4 is 76.2 Å². The van der Waals surface area contributed by atoms with Gasteiger partial charge in [-0.2, -0.15) is 0 Å². The Labute approximate surface area is 285 Å². The zero-order valence-corrected chi connectivity index (χ0v) is 26.6. The fourth-order valence-electron chi connectivity index (χ4n) is 7.55. The van der Waals surface area contributed by atoms with Crippen LogP contribution in [-0.2, 0) is 0 Å². The first kappa shape index (κ1) is 27.1. The molecular weight excluding hydrogens is 615 g/mol. The lowest BCUT2D eigenvalue weighted by atomic mass is 9.96. The van der Waals surface area contributed by atoms with E-state index >= 15 is 0 Å². The summed E-state index contributed by atoms with van der Waals surface area (Å²) >= 11 is 0. The summed E-state index contributed by atoms with van der Waals surface area (Å²) in [7, 11) is 0. The molecule has 0 N–H and O–H groups in total. The first-order valence-electron chi connectivity index (χ1n) is 16.7. The van der Waals surface area contributed by atoms with Gasteiger partial charge in [-0.25, -0.2) is 15.0 Å². The van der Waals surface area contributed by atoms with Gasteiger partial charge in [-0.3, -0.25) is 0 Å². The van der Waals surface area contributed by atoms with Gasteiger partial charge >= 0.3 is 0 Å². The monoisotopic (exact) mass is 639 g/mol. The molecule has 0 spiro atoms. The van der Waals surface area contributed by atoms with Crippen LogP contribution < -0.4 is 0 Å². The zero-order valence-electron chi connectivity index (χ0n) is 26.6. The summed E-state index contributed by atoms with van der Waals surface area (Å²) < 4.78 is 12.5. The first-order chi connectivity index (χ1) is 24.7. The molecule has 11 aromatic rings. The molecule has 50 heavy (non-hydrogen) atoms. The van der Waals surface area contributed by atoms with Gasteiger partial charge in [0.15, 0.2) is 17.5 Å². The molecule has 0 bridgehead atoms. The van der Waals surface area contributed by atoms with Crippen LogP contribution in [-0.4, -0.2) is 15.0 Å².